The third kappa shape index (κ3) is 3.72. The van der Waals surface area contributed by atoms with E-state index in [0.717, 1.165) is 11.4 Å². The molecule has 1 amide bonds. The van der Waals surface area contributed by atoms with Crippen LogP contribution in [0.3, 0.4) is 0 Å². The van der Waals surface area contributed by atoms with E-state index in [9.17, 15) is 4.79 Å². The van der Waals surface area contributed by atoms with E-state index in [-0.39, 0.29) is 17.9 Å². The fourth-order valence-corrected chi connectivity index (χ4v) is 1.59. The van der Waals surface area contributed by atoms with Crippen LogP contribution in [0.5, 0.6) is 0 Å². The Morgan fingerprint density at radius 2 is 2.00 bits per heavy atom. The van der Waals surface area contributed by atoms with Gasteiger partial charge in [0.1, 0.15) is 6.54 Å². The number of anilines is 1. The highest BCUT2D eigenvalue weighted by Crippen LogP contribution is 2.24. The monoisotopic (exact) mass is 266 g/mol. The number of nitrogens with zero attached hydrogens (tertiary/aromatic N) is 2. The van der Waals surface area contributed by atoms with Crippen LogP contribution in [0.1, 0.15) is 39.1 Å². The van der Waals surface area contributed by atoms with Gasteiger partial charge in [-0.05, 0) is 25.2 Å². The number of nitrogens with one attached hydrogen (secondary N) is 1. The smallest absolute Gasteiger partial charge is 0.241 e. The minimum absolute atomic E-state index is 0.0284. The lowest BCUT2D eigenvalue weighted by atomic mass is 9.81. The largest absolute Gasteiger partial charge is 0.396 e. The zero-order chi connectivity index (χ0) is 14.8. The summed E-state index contributed by atoms with van der Waals surface area (Å²) in [6.45, 7) is 13.2. The maximum atomic E-state index is 11.9. The van der Waals surface area contributed by atoms with Crippen molar-refractivity contribution in [1.82, 2.24) is 15.1 Å². The maximum absolute atomic E-state index is 11.9. The Balaban J connectivity index is 2.59. The Hall–Kier alpha value is -1.52. The van der Waals surface area contributed by atoms with Crippen molar-refractivity contribution >= 4 is 11.6 Å². The van der Waals surface area contributed by atoms with Crippen LogP contribution in [-0.4, -0.2) is 22.2 Å². The van der Waals surface area contributed by atoms with Crippen molar-refractivity contribution in [3.05, 3.63) is 11.4 Å². The zero-order valence-corrected chi connectivity index (χ0v) is 12.9. The molecule has 0 aromatic carbocycles. The molecule has 0 unspecified atom stereocenters. The topological polar surface area (TPSA) is 72.9 Å². The van der Waals surface area contributed by atoms with Gasteiger partial charge in [0, 0.05) is 6.54 Å². The lowest BCUT2D eigenvalue weighted by molar-refractivity contribution is -0.122. The summed E-state index contributed by atoms with van der Waals surface area (Å²) in [5.41, 5.74) is 8.21. The van der Waals surface area contributed by atoms with Gasteiger partial charge in [0.2, 0.25) is 5.91 Å². The number of aryl methyl sites for hydroxylation is 1. The standard InChI is InChI=1S/C14H26N4O/c1-9(2)14(5,6)8-16-12(19)7-18-11(4)13(15)10(3)17-18/h9H,7-8,15H2,1-6H3,(H,16,19). The van der Waals surface area contributed by atoms with E-state index in [1.807, 2.05) is 13.8 Å². The number of nitrogen functional groups attached to an aromatic ring is 1. The van der Waals surface area contributed by atoms with Crippen LogP contribution in [0.25, 0.3) is 0 Å². The second-order valence-electron chi connectivity index (χ2n) is 6.16. The number of aromatic nitrogens is 2. The fraction of sp³-hybridized carbons (Fsp3) is 0.714. The van der Waals surface area contributed by atoms with Crippen molar-refractivity contribution in [2.75, 3.05) is 12.3 Å². The first kappa shape index (κ1) is 15.5. The summed E-state index contributed by atoms with van der Waals surface area (Å²) in [6, 6.07) is 0. The van der Waals surface area contributed by atoms with Crippen LogP contribution in [-0.2, 0) is 11.3 Å². The predicted molar refractivity (Wildman–Crippen MR) is 77.7 cm³/mol. The highest BCUT2D eigenvalue weighted by atomic mass is 16.2. The molecular weight excluding hydrogens is 240 g/mol. The SMILES string of the molecule is Cc1nn(CC(=O)NCC(C)(C)C(C)C)c(C)c1N. The van der Waals surface area contributed by atoms with Crippen molar-refractivity contribution in [2.45, 2.75) is 48.1 Å². The average molecular weight is 266 g/mol. The molecule has 0 aliphatic rings. The van der Waals surface area contributed by atoms with Crippen molar-refractivity contribution in [1.29, 1.82) is 0 Å². The number of nitrogens with two attached hydrogens (primary N) is 1. The minimum Gasteiger partial charge on any atom is -0.396 e. The van der Waals surface area contributed by atoms with Crippen molar-refractivity contribution in [2.24, 2.45) is 11.3 Å². The normalized spacial score (nSPS) is 11.9. The summed E-state index contributed by atoms with van der Waals surface area (Å²) >= 11 is 0. The molecule has 0 bridgehead atoms. The zero-order valence-electron chi connectivity index (χ0n) is 12.9. The molecule has 5 heteroatoms. The first-order chi connectivity index (χ1) is 8.65. The molecular formula is C14H26N4O. The highest BCUT2D eigenvalue weighted by Gasteiger charge is 2.23. The van der Waals surface area contributed by atoms with Crippen LogP contribution in [0.2, 0.25) is 0 Å². The molecule has 0 saturated heterocycles. The summed E-state index contributed by atoms with van der Waals surface area (Å²) in [4.78, 5) is 11.9. The molecule has 1 aromatic rings. The van der Waals surface area contributed by atoms with Gasteiger partial charge < -0.3 is 11.1 Å². The Bertz CT molecular complexity index is 460. The van der Waals surface area contributed by atoms with Crippen molar-refractivity contribution in [3.63, 3.8) is 0 Å². The average Bonchev–Trinajstić information content (AvgIpc) is 2.54. The van der Waals surface area contributed by atoms with Gasteiger partial charge in [0.25, 0.3) is 0 Å². The van der Waals surface area contributed by atoms with E-state index in [1.54, 1.807) is 4.68 Å². The summed E-state index contributed by atoms with van der Waals surface area (Å²) in [5, 5.41) is 7.23. The maximum Gasteiger partial charge on any atom is 0.241 e. The molecule has 1 heterocycles. The van der Waals surface area contributed by atoms with Crippen LogP contribution in [0, 0.1) is 25.2 Å². The summed E-state index contributed by atoms with van der Waals surface area (Å²) in [5.74, 6) is 0.483. The van der Waals surface area contributed by atoms with Gasteiger partial charge in [-0.3, -0.25) is 9.48 Å². The molecule has 0 aliphatic carbocycles. The van der Waals surface area contributed by atoms with Crippen LogP contribution < -0.4 is 11.1 Å². The fourth-order valence-electron chi connectivity index (χ4n) is 1.59. The second-order valence-corrected chi connectivity index (χ2v) is 6.16. The minimum atomic E-state index is -0.0284. The molecule has 0 saturated carbocycles. The third-order valence-corrected chi connectivity index (χ3v) is 4.03. The molecule has 0 radical (unpaired) electrons. The lowest BCUT2D eigenvalue weighted by Crippen LogP contribution is -2.38. The van der Waals surface area contributed by atoms with Gasteiger partial charge in [-0.15, -0.1) is 0 Å². The van der Waals surface area contributed by atoms with Crippen molar-refractivity contribution in [3.8, 4) is 0 Å². The first-order valence-electron chi connectivity index (χ1n) is 6.71. The molecule has 0 spiro atoms. The third-order valence-electron chi connectivity index (χ3n) is 4.03. The number of amides is 1. The van der Waals surface area contributed by atoms with E-state index in [4.69, 9.17) is 5.73 Å². The molecule has 5 nitrogen and oxygen atoms in total. The van der Waals surface area contributed by atoms with E-state index in [1.165, 1.54) is 0 Å². The Labute approximate surface area is 115 Å². The molecule has 0 fully saturated rings. The van der Waals surface area contributed by atoms with Gasteiger partial charge in [-0.2, -0.15) is 5.10 Å². The van der Waals surface area contributed by atoms with E-state index in [0.29, 0.717) is 18.2 Å². The molecule has 1 rings (SSSR count). The number of rotatable bonds is 5. The van der Waals surface area contributed by atoms with Gasteiger partial charge in [0.05, 0.1) is 17.1 Å². The molecule has 19 heavy (non-hydrogen) atoms. The molecule has 108 valence electrons. The number of hydrogen-bond donors (Lipinski definition) is 2. The number of carbonyl (C=O) groups excluding carboxylic acids is 1. The molecule has 1 aromatic heterocycles. The Kier molecular flexibility index (Phi) is 4.61. The summed E-state index contributed by atoms with van der Waals surface area (Å²) < 4.78 is 1.66. The molecule has 0 atom stereocenters. The van der Waals surface area contributed by atoms with Crippen LogP contribution >= 0.6 is 0 Å². The predicted octanol–water partition coefficient (Wildman–Crippen LogP) is 1.88. The lowest BCUT2D eigenvalue weighted by Gasteiger charge is -2.29. The molecule has 0 aliphatic heterocycles. The Morgan fingerprint density at radius 1 is 1.42 bits per heavy atom. The van der Waals surface area contributed by atoms with E-state index < -0.39 is 0 Å². The van der Waals surface area contributed by atoms with Gasteiger partial charge >= 0.3 is 0 Å². The summed E-state index contributed by atoms with van der Waals surface area (Å²) in [6.07, 6.45) is 0. The highest BCUT2D eigenvalue weighted by molar-refractivity contribution is 5.76. The van der Waals surface area contributed by atoms with E-state index in [2.05, 4.69) is 38.1 Å². The number of carbonyl (C=O) groups is 1. The van der Waals surface area contributed by atoms with Crippen molar-refractivity contribution < 1.29 is 4.79 Å². The van der Waals surface area contributed by atoms with E-state index >= 15 is 0 Å². The number of hydrogen-bond acceptors (Lipinski definition) is 3. The first-order valence-corrected chi connectivity index (χ1v) is 6.71. The van der Waals surface area contributed by atoms with Gasteiger partial charge in [0.15, 0.2) is 0 Å². The van der Waals surface area contributed by atoms with Crippen LogP contribution in [0.4, 0.5) is 5.69 Å². The molecule has 3 N–H and O–H groups in total. The van der Waals surface area contributed by atoms with Crippen LogP contribution in [0.15, 0.2) is 0 Å². The van der Waals surface area contributed by atoms with Gasteiger partial charge in [-0.25, -0.2) is 0 Å². The van der Waals surface area contributed by atoms with Gasteiger partial charge in [-0.1, -0.05) is 27.7 Å². The summed E-state index contributed by atoms with van der Waals surface area (Å²) in [7, 11) is 0. The Morgan fingerprint density at radius 3 is 2.42 bits per heavy atom. The second kappa shape index (κ2) is 5.63. The quantitative estimate of drug-likeness (QED) is 0.854.